The Labute approximate surface area is 184 Å². The lowest BCUT2D eigenvalue weighted by Crippen LogP contribution is -2.60. The van der Waals surface area contributed by atoms with Gasteiger partial charge in [-0.25, -0.2) is 0 Å². The predicted molar refractivity (Wildman–Crippen MR) is 121 cm³/mol. The van der Waals surface area contributed by atoms with E-state index in [1.807, 2.05) is 0 Å². The van der Waals surface area contributed by atoms with E-state index in [0.29, 0.717) is 30.1 Å². The molecule has 0 aromatic carbocycles. The number of aliphatic hydroxyl groups is 3. The Kier molecular flexibility index (Phi) is 6.14. The van der Waals surface area contributed by atoms with Gasteiger partial charge in [0.05, 0.1) is 0 Å². The molecule has 4 aliphatic rings. The summed E-state index contributed by atoms with van der Waals surface area (Å²) in [5.74, 6) is 2.34. The molecule has 4 rings (SSSR count). The van der Waals surface area contributed by atoms with E-state index >= 15 is 0 Å². The molecule has 0 radical (unpaired) electrons. The van der Waals surface area contributed by atoms with Crippen LogP contribution in [-0.2, 0) is 0 Å². The van der Waals surface area contributed by atoms with Crippen molar-refractivity contribution in [1.82, 2.24) is 4.90 Å². The van der Waals surface area contributed by atoms with Crippen molar-refractivity contribution in [2.75, 3.05) is 20.6 Å². The molecule has 4 fully saturated rings. The lowest BCUT2D eigenvalue weighted by Gasteiger charge is -2.62. The third-order valence-corrected chi connectivity index (χ3v) is 10.8. The first-order valence-electron chi connectivity index (χ1n) is 12.8. The van der Waals surface area contributed by atoms with Gasteiger partial charge in [-0.15, -0.1) is 0 Å². The first kappa shape index (κ1) is 23.0. The zero-order chi connectivity index (χ0) is 21.9. The molecule has 0 heterocycles. The Morgan fingerprint density at radius 2 is 1.63 bits per heavy atom. The van der Waals surface area contributed by atoms with Crippen LogP contribution in [0.1, 0.15) is 85.0 Å². The fourth-order valence-electron chi connectivity index (χ4n) is 9.17. The second-order valence-corrected chi connectivity index (χ2v) is 12.6. The maximum Gasteiger partial charge on any atom is 0.189 e. The SMILES string of the molecule is C[C@H](CCCN(C)C)[C@H]1CC[C@H]2[C@@H]3CCC4CC(O)(O)C(O)C[C@]4(C)[C@H]3CC[C@]12C. The van der Waals surface area contributed by atoms with Crippen molar-refractivity contribution < 1.29 is 15.3 Å². The van der Waals surface area contributed by atoms with Crippen molar-refractivity contribution >= 4 is 0 Å². The van der Waals surface area contributed by atoms with Gasteiger partial charge >= 0.3 is 0 Å². The van der Waals surface area contributed by atoms with Crippen molar-refractivity contribution in [3.8, 4) is 0 Å². The molecule has 0 aliphatic heterocycles. The highest BCUT2D eigenvalue weighted by Gasteiger charge is 2.62. The molecule has 4 nitrogen and oxygen atoms in total. The van der Waals surface area contributed by atoms with Gasteiger partial charge in [0.1, 0.15) is 6.10 Å². The van der Waals surface area contributed by atoms with Crippen LogP contribution in [0.3, 0.4) is 0 Å². The van der Waals surface area contributed by atoms with E-state index in [1.54, 1.807) is 0 Å². The van der Waals surface area contributed by atoms with Gasteiger partial charge < -0.3 is 20.2 Å². The highest BCUT2D eigenvalue weighted by Crippen LogP contribution is 2.68. The largest absolute Gasteiger partial charge is 0.388 e. The average molecular weight is 422 g/mol. The normalized spacial score (nSPS) is 48.7. The first-order valence-corrected chi connectivity index (χ1v) is 12.8. The van der Waals surface area contributed by atoms with Gasteiger partial charge in [0.2, 0.25) is 0 Å². The van der Waals surface area contributed by atoms with E-state index in [0.717, 1.165) is 30.1 Å². The third-order valence-electron chi connectivity index (χ3n) is 10.8. The summed E-state index contributed by atoms with van der Waals surface area (Å²) in [7, 11) is 4.35. The van der Waals surface area contributed by atoms with Gasteiger partial charge in [-0.05, 0) is 125 Å². The molecular formula is C26H47NO3. The van der Waals surface area contributed by atoms with Gasteiger partial charge in [-0.1, -0.05) is 20.8 Å². The van der Waals surface area contributed by atoms with Crippen LogP contribution < -0.4 is 0 Å². The molecular weight excluding hydrogens is 374 g/mol. The summed E-state index contributed by atoms with van der Waals surface area (Å²) in [6.07, 6.45) is 10.3. The summed E-state index contributed by atoms with van der Waals surface area (Å²) < 4.78 is 0. The lowest BCUT2D eigenvalue weighted by atomic mass is 9.44. The van der Waals surface area contributed by atoms with E-state index in [-0.39, 0.29) is 5.41 Å². The third kappa shape index (κ3) is 3.68. The number of hydrogen-bond donors (Lipinski definition) is 3. The Bertz CT molecular complexity index is 621. The van der Waals surface area contributed by atoms with Gasteiger partial charge in [0.15, 0.2) is 5.79 Å². The number of fused-ring (bicyclic) bond motifs is 5. The molecule has 4 aliphatic carbocycles. The molecule has 4 saturated carbocycles. The molecule has 0 aromatic heterocycles. The van der Waals surface area contributed by atoms with Gasteiger partial charge in [0, 0.05) is 6.42 Å². The topological polar surface area (TPSA) is 63.9 Å². The van der Waals surface area contributed by atoms with Gasteiger partial charge in [-0.2, -0.15) is 0 Å². The predicted octanol–water partition coefficient (Wildman–Crippen LogP) is 4.27. The standard InChI is InChI=1S/C26H47NO3/c1-17(7-6-14-27(4)5)20-10-11-21-19-9-8-18-15-26(29,30)23(28)16-25(18,3)22(19)12-13-24(20,21)2/h17-23,28-30H,6-16H2,1-5H3/t17-,18?,19+,20-,21+,22+,23?,24-,25+/m1/s1. The summed E-state index contributed by atoms with van der Waals surface area (Å²) >= 11 is 0. The van der Waals surface area contributed by atoms with Crippen LogP contribution in [-0.4, -0.2) is 52.8 Å². The molecule has 30 heavy (non-hydrogen) atoms. The molecule has 0 spiro atoms. The number of nitrogens with zero attached hydrogens (tertiary/aromatic N) is 1. The zero-order valence-corrected chi connectivity index (χ0v) is 20.1. The minimum absolute atomic E-state index is 0.0635. The van der Waals surface area contributed by atoms with Gasteiger partial charge in [-0.3, -0.25) is 0 Å². The number of hydrogen-bond acceptors (Lipinski definition) is 4. The fraction of sp³-hybridized carbons (Fsp3) is 1.00. The van der Waals surface area contributed by atoms with E-state index < -0.39 is 11.9 Å². The Balaban J connectivity index is 1.48. The smallest absolute Gasteiger partial charge is 0.189 e. The summed E-state index contributed by atoms with van der Waals surface area (Å²) in [6.45, 7) is 8.69. The Morgan fingerprint density at radius 1 is 0.933 bits per heavy atom. The van der Waals surface area contributed by atoms with Gasteiger partial charge in [0.25, 0.3) is 0 Å². The minimum Gasteiger partial charge on any atom is -0.388 e. The van der Waals surface area contributed by atoms with E-state index in [4.69, 9.17) is 0 Å². The van der Waals surface area contributed by atoms with Crippen molar-refractivity contribution in [3.05, 3.63) is 0 Å². The molecule has 0 amide bonds. The highest BCUT2D eigenvalue weighted by atomic mass is 16.5. The fourth-order valence-corrected chi connectivity index (χ4v) is 9.17. The van der Waals surface area contributed by atoms with E-state index in [1.165, 1.54) is 51.5 Å². The molecule has 9 atom stereocenters. The summed E-state index contributed by atoms with van der Waals surface area (Å²) in [5.41, 5.74) is 0.543. The molecule has 174 valence electrons. The van der Waals surface area contributed by atoms with Crippen LogP contribution in [0.25, 0.3) is 0 Å². The van der Waals surface area contributed by atoms with Crippen molar-refractivity contribution in [2.24, 2.45) is 46.3 Å². The quantitative estimate of drug-likeness (QED) is 0.580. The van der Waals surface area contributed by atoms with E-state index in [9.17, 15) is 15.3 Å². The summed E-state index contributed by atoms with van der Waals surface area (Å²) in [5, 5.41) is 31.1. The zero-order valence-electron chi connectivity index (χ0n) is 20.1. The number of rotatable bonds is 5. The maximum absolute atomic E-state index is 10.5. The molecule has 2 unspecified atom stereocenters. The highest BCUT2D eigenvalue weighted by molar-refractivity contribution is 5.11. The second kappa shape index (κ2) is 8.01. The second-order valence-electron chi connectivity index (χ2n) is 12.6. The lowest BCUT2D eigenvalue weighted by molar-refractivity contribution is -0.284. The molecule has 4 heteroatoms. The Morgan fingerprint density at radius 3 is 2.33 bits per heavy atom. The van der Waals surface area contributed by atoms with Crippen molar-refractivity contribution in [3.63, 3.8) is 0 Å². The van der Waals surface area contributed by atoms with Crippen LogP contribution in [0.2, 0.25) is 0 Å². The average Bonchev–Trinajstić information content (AvgIpc) is 3.00. The molecule has 0 saturated heterocycles. The van der Waals surface area contributed by atoms with Crippen LogP contribution in [0.5, 0.6) is 0 Å². The molecule has 3 N–H and O–H groups in total. The number of aliphatic hydroxyl groups excluding tert-OH is 1. The monoisotopic (exact) mass is 421 g/mol. The maximum atomic E-state index is 10.5. The summed E-state index contributed by atoms with van der Waals surface area (Å²) in [4.78, 5) is 2.31. The minimum atomic E-state index is -1.89. The van der Waals surface area contributed by atoms with Crippen LogP contribution in [0.4, 0.5) is 0 Å². The molecule has 0 aromatic rings. The van der Waals surface area contributed by atoms with Crippen LogP contribution >= 0.6 is 0 Å². The molecule has 0 bridgehead atoms. The summed E-state index contributed by atoms with van der Waals surface area (Å²) in [6, 6.07) is 0. The van der Waals surface area contributed by atoms with Crippen LogP contribution in [0, 0.1) is 46.3 Å². The first-order chi connectivity index (χ1) is 14.0. The van der Waals surface area contributed by atoms with Crippen LogP contribution in [0.15, 0.2) is 0 Å². The van der Waals surface area contributed by atoms with Crippen molar-refractivity contribution in [2.45, 2.75) is 96.9 Å². The van der Waals surface area contributed by atoms with Crippen molar-refractivity contribution in [1.29, 1.82) is 0 Å². The Hall–Kier alpha value is -0.160. The van der Waals surface area contributed by atoms with E-state index in [2.05, 4.69) is 39.8 Å².